The van der Waals surface area contributed by atoms with Gasteiger partial charge in [0.2, 0.25) is 0 Å². The molecule has 6 nitrogen and oxygen atoms in total. The number of carbonyl (C=O) groups excluding carboxylic acids is 2. The predicted octanol–water partition coefficient (Wildman–Crippen LogP) is 3.50. The summed E-state index contributed by atoms with van der Waals surface area (Å²) < 4.78 is 11.3. The summed E-state index contributed by atoms with van der Waals surface area (Å²) in [7, 11) is 0. The first-order valence-corrected chi connectivity index (χ1v) is 9.41. The Morgan fingerprint density at radius 3 is 2.50 bits per heavy atom. The summed E-state index contributed by atoms with van der Waals surface area (Å²) in [6, 6.07) is 10.2. The van der Waals surface area contributed by atoms with Gasteiger partial charge in [-0.2, -0.15) is 0 Å². The number of piperidine rings is 1. The summed E-state index contributed by atoms with van der Waals surface area (Å²) in [5, 5.41) is 3.56. The molecule has 1 aliphatic rings. The minimum atomic E-state index is -0.181. The summed E-state index contributed by atoms with van der Waals surface area (Å²) >= 11 is 9.00. The number of hydrogen-bond donors (Lipinski definition) is 1. The van der Waals surface area contributed by atoms with Gasteiger partial charge in [-0.25, -0.2) is 0 Å². The van der Waals surface area contributed by atoms with E-state index in [-0.39, 0.29) is 24.5 Å². The minimum Gasteiger partial charge on any atom is -0.484 e. The van der Waals surface area contributed by atoms with Crippen molar-refractivity contribution in [2.45, 2.75) is 18.9 Å². The second-order valence-electron chi connectivity index (χ2n) is 5.98. The zero-order chi connectivity index (χ0) is 18.5. The molecule has 0 radical (unpaired) electrons. The fourth-order valence-corrected chi connectivity index (χ4v) is 3.19. The lowest BCUT2D eigenvalue weighted by Crippen LogP contribution is -2.47. The quantitative estimate of drug-likeness (QED) is 0.771. The van der Waals surface area contributed by atoms with Gasteiger partial charge in [-0.15, -0.1) is 0 Å². The van der Waals surface area contributed by atoms with Crippen LogP contribution in [0.15, 0.2) is 45.5 Å². The number of furan rings is 1. The summed E-state index contributed by atoms with van der Waals surface area (Å²) in [6.45, 7) is 1.08. The number of carbonyl (C=O) groups is 2. The second kappa shape index (κ2) is 8.60. The van der Waals surface area contributed by atoms with Crippen LogP contribution in [0.4, 0.5) is 0 Å². The van der Waals surface area contributed by atoms with Crippen molar-refractivity contribution in [3.05, 3.63) is 51.9 Å². The number of nitrogens with zero attached hydrogens (tertiary/aromatic N) is 1. The largest absolute Gasteiger partial charge is 0.484 e. The Morgan fingerprint density at radius 2 is 1.88 bits per heavy atom. The molecule has 2 heterocycles. The third-order valence-electron chi connectivity index (χ3n) is 4.11. The molecule has 0 unspecified atom stereocenters. The van der Waals surface area contributed by atoms with Crippen molar-refractivity contribution >= 4 is 39.3 Å². The SMILES string of the molecule is O=C(COc1ccc(Cl)cc1)NC1CCN(C(=O)c2ccc(Br)o2)CC1. The van der Waals surface area contributed by atoms with Gasteiger partial charge in [0.05, 0.1) is 0 Å². The Balaban J connectivity index is 1.41. The summed E-state index contributed by atoms with van der Waals surface area (Å²) in [5.74, 6) is 0.594. The smallest absolute Gasteiger partial charge is 0.289 e. The van der Waals surface area contributed by atoms with Gasteiger partial charge < -0.3 is 19.4 Å². The molecular weight excluding hydrogens is 424 g/mol. The van der Waals surface area contributed by atoms with Crippen LogP contribution in [0, 0.1) is 0 Å². The van der Waals surface area contributed by atoms with Crippen molar-refractivity contribution < 1.29 is 18.7 Å². The van der Waals surface area contributed by atoms with Gasteiger partial charge in [0.25, 0.3) is 11.8 Å². The van der Waals surface area contributed by atoms with Crippen molar-refractivity contribution in [3.8, 4) is 5.75 Å². The predicted molar refractivity (Wildman–Crippen MR) is 100 cm³/mol. The Kier molecular flexibility index (Phi) is 6.21. The number of amides is 2. The van der Waals surface area contributed by atoms with Crippen molar-refractivity contribution in [1.82, 2.24) is 10.2 Å². The first-order valence-electron chi connectivity index (χ1n) is 8.23. The molecule has 0 aliphatic carbocycles. The standard InChI is InChI=1S/C18H18BrClN2O4/c19-16-6-5-15(26-16)18(24)22-9-7-13(8-10-22)21-17(23)11-25-14-3-1-12(20)2-4-14/h1-6,13H,7-11H2,(H,21,23). The van der Waals surface area contributed by atoms with E-state index >= 15 is 0 Å². The highest BCUT2D eigenvalue weighted by atomic mass is 79.9. The maximum Gasteiger partial charge on any atom is 0.289 e. The number of ether oxygens (including phenoxy) is 1. The van der Waals surface area contributed by atoms with E-state index in [1.165, 1.54) is 0 Å². The minimum absolute atomic E-state index is 0.0312. The third-order valence-corrected chi connectivity index (χ3v) is 4.79. The summed E-state index contributed by atoms with van der Waals surface area (Å²) in [6.07, 6.45) is 1.39. The average Bonchev–Trinajstić information content (AvgIpc) is 3.08. The van der Waals surface area contributed by atoms with Crippen LogP contribution >= 0.6 is 27.5 Å². The van der Waals surface area contributed by atoms with Crippen molar-refractivity contribution in [3.63, 3.8) is 0 Å². The maximum atomic E-state index is 12.3. The fourth-order valence-electron chi connectivity index (χ4n) is 2.76. The van der Waals surface area contributed by atoms with Crippen LogP contribution in [0.25, 0.3) is 0 Å². The Morgan fingerprint density at radius 1 is 1.19 bits per heavy atom. The summed E-state index contributed by atoms with van der Waals surface area (Å²) in [5.41, 5.74) is 0. The van der Waals surface area contributed by atoms with E-state index in [2.05, 4.69) is 21.2 Å². The van der Waals surface area contributed by atoms with Crippen molar-refractivity contribution in [1.29, 1.82) is 0 Å². The molecule has 1 aliphatic heterocycles. The van der Waals surface area contributed by atoms with Crippen molar-refractivity contribution in [2.24, 2.45) is 0 Å². The van der Waals surface area contributed by atoms with E-state index in [0.717, 1.165) is 0 Å². The van der Waals surface area contributed by atoms with Crippen LogP contribution in [-0.2, 0) is 4.79 Å². The van der Waals surface area contributed by atoms with E-state index in [1.807, 2.05) is 0 Å². The average molecular weight is 442 g/mol. The number of benzene rings is 1. The third kappa shape index (κ3) is 5.02. The summed E-state index contributed by atoms with van der Waals surface area (Å²) in [4.78, 5) is 26.1. The van der Waals surface area contributed by atoms with Crippen LogP contribution in [0.5, 0.6) is 5.75 Å². The zero-order valence-corrected chi connectivity index (χ0v) is 16.3. The molecule has 1 saturated heterocycles. The lowest BCUT2D eigenvalue weighted by atomic mass is 10.0. The normalized spacial score (nSPS) is 14.9. The highest BCUT2D eigenvalue weighted by Gasteiger charge is 2.26. The molecule has 138 valence electrons. The van der Waals surface area contributed by atoms with Gasteiger partial charge in [0.15, 0.2) is 17.0 Å². The molecule has 26 heavy (non-hydrogen) atoms. The molecule has 1 N–H and O–H groups in total. The van der Waals surface area contributed by atoms with E-state index < -0.39 is 0 Å². The molecule has 2 amide bonds. The second-order valence-corrected chi connectivity index (χ2v) is 7.20. The molecule has 1 aromatic carbocycles. The number of likely N-dealkylation sites (tertiary alicyclic amines) is 1. The molecule has 2 aromatic rings. The Bertz CT molecular complexity index is 770. The van der Waals surface area contributed by atoms with Crippen LogP contribution in [0.3, 0.4) is 0 Å². The van der Waals surface area contributed by atoms with Crippen LogP contribution < -0.4 is 10.1 Å². The number of rotatable bonds is 5. The lowest BCUT2D eigenvalue weighted by molar-refractivity contribution is -0.124. The number of hydrogen-bond acceptors (Lipinski definition) is 4. The molecule has 0 bridgehead atoms. The lowest BCUT2D eigenvalue weighted by Gasteiger charge is -2.31. The fraction of sp³-hybridized carbons (Fsp3) is 0.333. The van der Waals surface area contributed by atoms with Gasteiger partial charge in [0, 0.05) is 24.2 Å². The number of nitrogens with one attached hydrogen (secondary N) is 1. The van der Waals surface area contributed by atoms with Crippen LogP contribution in [0.1, 0.15) is 23.4 Å². The van der Waals surface area contributed by atoms with Crippen molar-refractivity contribution in [2.75, 3.05) is 19.7 Å². The Hall–Kier alpha value is -1.99. The first-order chi connectivity index (χ1) is 12.5. The molecule has 3 rings (SSSR count). The molecular formula is C18H18BrClN2O4. The zero-order valence-electron chi connectivity index (χ0n) is 13.9. The highest BCUT2D eigenvalue weighted by Crippen LogP contribution is 2.19. The van der Waals surface area contributed by atoms with E-state index in [9.17, 15) is 9.59 Å². The molecule has 0 spiro atoms. The van der Waals surface area contributed by atoms with Gasteiger partial charge in [-0.05, 0) is 65.2 Å². The van der Waals surface area contributed by atoms with Gasteiger partial charge in [0.1, 0.15) is 5.75 Å². The molecule has 0 saturated carbocycles. The van der Waals surface area contributed by atoms with Crippen LogP contribution in [-0.4, -0.2) is 42.5 Å². The first kappa shape index (κ1) is 18.8. The topological polar surface area (TPSA) is 71.8 Å². The number of halogens is 2. The van der Waals surface area contributed by atoms with E-state index in [4.69, 9.17) is 20.8 Å². The monoisotopic (exact) mass is 440 g/mol. The molecule has 0 atom stereocenters. The Labute approximate surface area is 164 Å². The van der Waals surface area contributed by atoms with E-state index in [1.54, 1.807) is 41.3 Å². The van der Waals surface area contributed by atoms with Crippen LogP contribution in [0.2, 0.25) is 5.02 Å². The maximum absolute atomic E-state index is 12.3. The van der Waals surface area contributed by atoms with Gasteiger partial charge in [-0.1, -0.05) is 11.6 Å². The molecule has 1 aromatic heterocycles. The van der Waals surface area contributed by atoms with Gasteiger partial charge >= 0.3 is 0 Å². The molecule has 8 heteroatoms. The molecule has 1 fully saturated rings. The van der Waals surface area contributed by atoms with Gasteiger partial charge in [-0.3, -0.25) is 9.59 Å². The van der Waals surface area contributed by atoms with E-state index in [0.29, 0.717) is 47.1 Å². The highest BCUT2D eigenvalue weighted by molar-refractivity contribution is 9.10.